The summed E-state index contributed by atoms with van der Waals surface area (Å²) in [6.45, 7) is 0. The first-order valence-electron chi connectivity index (χ1n) is 0.535. The van der Waals surface area contributed by atoms with Gasteiger partial charge in [0, 0.05) is 0 Å². The van der Waals surface area contributed by atoms with Gasteiger partial charge in [0.1, 0.15) is 0 Å². The molecule has 0 amide bonds. The molecule has 0 aromatic rings. The van der Waals surface area contributed by atoms with Gasteiger partial charge in [0.15, 0.2) is 0 Å². The first kappa shape index (κ1) is 23.7. The van der Waals surface area contributed by atoms with Crippen LogP contribution in [-0.2, 0) is 0 Å². The van der Waals surface area contributed by atoms with E-state index < -0.39 is 0 Å². The smallest absolute Gasteiger partial charge is 1.00 e. The van der Waals surface area contributed by atoms with Crippen molar-refractivity contribution in [2.75, 3.05) is 5.34 Å². The summed E-state index contributed by atoms with van der Waals surface area (Å²) in [4.78, 5) is 0. The molecule has 6 heavy (non-hydrogen) atoms. The van der Waals surface area contributed by atoms with Gasteiger partial charge in [0.25, 0.3) is 0 Å². The van der Waals surface area contributed by atoms with Gasteiger partial charge >= 0.3 is 37.7 Å². The van der Waals surface area contributed by atoms with Gasteiger partial charge in [-0.05, 0) is 0 Å². The van der Waals surface area contributed by atoms with Crippen molar-refractivity contribution in [2.45, 2.75) is 0 Å². The van der Waals surface area contributed by atoms with Gasteiger partial charge in [0.05, 0.1) is 5.34 Å². The standard InChI is InChI=1S/CH2Cl2.Ca.2ClH/c2-1-3;;;/h1H2;;2*1H/q;+2;;/p-2. The molecule has 0 aromatic carbocycles. The van der Waals surface area contributed by atoms with Gasteiger partial charge in [0.2, 0.25) is 0 Å². The van der Waals surface area contributed by atoms with E-state index in [9.17, 15) is 0 Å². The van der Waals surface area contributed by atoms with Crippen LogP contribution in [0.5, 0.6) is 0 Å². The SMILES string of the molecule is ClCCl.[Ca+2].[Cl-].[Cl-]. The normalized spacial score (nSPS) is 3.00. The Labute approximate surface area is 89.8 Å². The molecule has 0 nitrogen and oxygen atoms in total. The monoisotopic (exact) mass is 194 g/mol. The first-order chi connectivity index (χ1) is 1.41. The van der Waals surface area contributed by atoms with Crippen LogP contribution in [0.25, 0.3) is 0 Å². The molecule has 0 radical (unpaired) electrons. The predicted octanol–water partition coefficient (Wildman–Crippen LogP) is -4.95. The fraction of sp³-hybridized carbons (Fsp3) is 1.00. The van der Waals surface area contributed by atoms with Gasteiger partial charge in [-0.2, -0.15) is 0 Å². The molecule has 0 spiro atoms. The van der Waals surface area contributed by atoms with E-state index in [0.29, 0.717) is 0 Å². The molecule has 0 unspecified atom stereocenters. The second kappa shape index (κ2) is 26.1. The van der Waals surface area contributed by atoms with Crippen LogP contribution in [0.1, 0.15) is 0 Å². The third-order valence-electron chi connectivity index (χ3n) is 0. The van der Waals surface area contributed by atoms with E-state index in [1.807, 2.05) is 0 Å². The Balaban J connectivity index is -0.00000000667. The molecular weight excluding hydrogens is 194 g/mol. The molecule has 36 valence electrons. The van der Waals surface area contributed by atoms with Crippen molar-refractivity contribution in [3.8, 4) is 0 Å². The second-order valence-electron chi connectivity index (χ2n) is 0.101. The van der Waals surface area contributed by atoms with Crippen LogP contribution >= 0.6 is 23.2 Å². The largest absolute Gasteiger partial charge is 2.00 e. The maximum atomic E-state index is 4.76. The van der Waals surface area contributed by atoms with Crippen molar-refractivity contribution >= 4 is 60.9 Å². The van der Waals surface area contributed by atoms with Crippen molar-refractivity contribution in [2.24, 2.45) is 0 Å². The number of halogens is 4. The summed E-state index contributed by atoms with van der Waals surface area (Å²) in [6, 6.07) is 0. The van der Waals surface area contributed by atoms with E-state index in [1.165, 1.54) is 0 Å². The Hall–Kier alpha value is 2.42. The van der Waals surface area contributed by atoms with Crippen molar-refractivity contribution in [1.82, 2.24) is 0 Å². The maximum absolute atomic E-state index is 4.76. The topological polar surface area (TPSA) is 0 Å². The van der Waals surface area contributed by atoms with Crippen LogP contribution in [0.15, 0.2) is 0 Å². The van der Waals surface area contributed by atoms with E-state index in [4.69, 9.17) is 23.2 Å². The number of rotatable bonds is 0. The minimum Gasteiger partial charge on any atom is -1.00 e. The molecule has 0 fully saturated rings. The Morgan fingerprint density at radius 2 is 1.00 bits per heavy atom. The van der Waals surface area contributed by atoms with E-state index >= 15 is 0 Å². The van der Waals surface area contributed by atoms with Crippen LogP contribution < -0.4 is 24.8 Å². The molecule has 0 saturated carbocycles. The summed E-state index contributed by atoms with van der Waals surface area (Å²) in [7, 11) is 0. The zero-order chi connectivity index (χ0) is 2.71. The minimum absolute atomic E-state index is 0. The third kappa shape index (κ3) is 32.2. The molecule has 0 aromatic heterocycles. The number of alkyl halides is 2. The molecule has 0 bridgehead atoms. The summed E-state index contributed by atoms with van der Waals surface area (Å²) >= 11 is 9.53. The van der Waals surface area contributed by atoms with Crippen LogP contribution in [-0.4, -0.2) is 43.1 Å². The molecule has 0 aliphatic heterocycles. The molecule has 5 heteroatoms. The second-order valence-corrected chi connectivity index (χ2v) is 0.909. The van der Waals surface area contributed by atoms with E-state index in [1.54, 1.807) is 0 Å². The summed E-state index contributed by atoms with van der Waals surface area (Å²) in [6.07, 6.45) is 0. The Kier molecular flexibility index (Phi) is 103. The van der Waals surface area contributed by atoms with E-state index in [2.05, 4.69) is 0 Å². The first-order valence-corrected chi connectivity index (χ1v) is 1.60. The molecule has 0 aliphatic rings. The molecule has 0 aliphatic carbocycles. The molecule has 0 saturated heterocycles. The molecule has 0 heterocycles. The van der Waals surface area contributed by atoms with Gasteiger partial charge in [-0.1, -0.05) is 0 Å². The molecule has 0 N–H and O–H groups in total. The Bertz CT molecular complexity index is 7.51. The fourth-order valence-electron chi connectivity index (χ4n) is 0. The minimum atomic E-state index is 0. The molecule has 0 rings (SSSR count). The summed E-state index contributed by atoms with van der Waals surface area (Å²) in [5.41, 5.74) is 0. The Morgan fingerprint density at radius 1 is 1.00 bits per heavy atom. The molecular formula is CH2CaCl4. The average molecular weight is 196 g/mol. The van der Waals surface area contributed by atoms with Crippen molar-refractivity contribution < 1.29 is 24.8 Å². The summed E-state index contributed by atoms with van der Waals surface area (Å²) in [5, 5.41) is 0.194. The van der Waals surface area contributed by atoms with Crippen LogP contribution in [0.2, 0.25) is 0 Å². The van der Waals surface area contributed by atoms with Crippen LogP contribution in [0, 0.1) is 0 Å². The summed E-state index contributed by atoms with van der Waals surface area (Å²) < 4.78 is 0. The third-order valence-corrected chi connectivity index (χ3v) is 0. The van der Waals surface area contributed by atoms with Gasteiger partial charge in [-0.25, -0.2) is 0 Å². The predicted molar refractivity (Wildman–Crippen MR) is 22.3 cm³/mol. The zero-order valence-electron chi connectivity index (χ0n) is 2.93. The Morgan fingerprint density at radius 3 is 1.00 bits per heavy atom. The van der Waals surface area contributed by atoms with Crippen LogP contribution in [0.3, 0.4) is 0 Å². The van der Waals surface area contributed by atoms with Crippen LogP contribution in [0.4, 0.5) is 0 Å². The average Bonchev–Trinajstić information content (AvgIpc) is 0.918. The van der Waals surface area contributed by atoms with Crippen molar-refractivity contribution in [1.29, 1.82) is 0 Å². The maximum Gasteiger partial charge on any atom is 2.00 e. The van der Waals surface area contributed by atoms with E-state index in [0.717, 1.165) is 0 Å². The number of hydrogen-bond donors (Lipinski definition) is 0. The fourth-order valence-corrected chi connectivity index (χ4v) is 0. The zero-order valence-corrected chi connectivity index (χ0v) is 8.16. The number of hydrogen-bond acceptors (Lipinski definition) is 0. The van der Waals surface area contributed by atoms with Crippen molar-refractivity contribution in [3.05, 3.63) is 0 Å². The van der Waals surface area contributed by atoms with E-state index in [-0.39, 0.29) is 67.9 Å². The van der Waals surface area contributed by atoms with Gasteiger partial charge < -0.3 is 24.8 Å². The van der Waals surface area contributed by atoms with Gasteiger partial charge in [-0.15, -0.1) is 23.2 Å². The molecule has 0 atom stereocenters. The van der Waals surface area contributed by atoms with Crippen molar-refractivity contribution in [3.63, 3.8) is 0 Å². The summed E-state index contributed by atoms with van der Waals surface area (Å²) in [5.74, 6) is 0. The van der Waals surface area contributed by atoms with Gasteiger partial charge in [-0.3, -0.25) is 0 Å². The quantitative estimate of drug-likeness (QED) is 0.269.